The van der Waals surface area contributed by atoms with Gasteiger partial charge >= 0.3 is 0 Å². The highest BCUT2D eigenvalue weighted by Gasteiger charge is 2.45. The molecule has 1 N–H and O–H groups in total. The third-order valence-corrected chi connectivity index (χ3v) is 5.73. The molecule has 1 unspecified atom stereocenters. The molecule has 1 aromatic heterocycles. The highest BCUT2D eigenvalue weighted by molar-refractivity contribution is 5.93. The van der Waals surface area contributed by atoms with Crippen molar-refractivity contribution in [3.05, 3.63) is 11.4 Å². The molecule has 6 nitrogen and oxygen atoms in total. The van der Waals surface area contributed by atoms with Gasteiger partial charge in [-0.05, 0) is 58.0 Å². The number of carbonyl (C=O) groups is 1. The summed E-state index contributed by atoms with van der Waals surface area (Å²) in [5.41, 5.74) is 1.69. The zero-order chi connectivity index (χ0) is 15.9. The van der Waals surface area contributed by atoms with E-state index in [4.69, 9.17) is 0 Å². The molecule has 6 heteroatoms. The summed E-state index contributed by atoms with van der Waals surface area (Å²) in [7, 11) is 1.89. The first-order chi connectivity index (χ1) is 10.4. The molecule has 22 heavy (non-hydrogen) atoms. The van der Waals surface area contributed by atoms with E-state index in [2.05, 4.69) is 29.5 Å². The Labute approximate surface area is 132 Å². The molecule has 0 spiro atoms. The largest absolute Gasteiger partial charge is 0.337 e. The van der Waals surface area contributed by atoms with Gasteiger partial charge < -0.3 is 10.2 Å². The van der Waals surface area contributed by atoms with E-state index in [9.17, 15) is 4.79 Å². The number of carbonyl (C=O) groups excluding carboxylic acids is 1. The molecular weight excluding hydrogens is 278 g/mol. The summed E-state index contributed by atoms with van der Waals surface area (Å²) in [4.78, 5) is 14.6. The molecule has 1 saturated heterocycles. The van der Waals surface area contributed by atoms with Gasteiger partial charge in [-0.1, -0.05) is 12.1 Å². The average molecular weight is 305 g/mol. The first-order valence-electron chi connectivity index (χ1n) is 8.34. The van der Waals surface area contributed by atoms with Crippen LogP contribution < -0.4 is 5.32 Å². The number of aromatic nitrogens is 3. The Balaban J connectivity index is 1.76. The Morgan fingerprint density at radius 2 is 2.05 bits per heavy atom. The minimum absolute atomic E-state index is 0.00157. The Bertz CT molecular complexity index is 557. The number of piperidine rings is 1. The quantitative estimate of drug-likeness (QED) is 0.921. The molecule has 0 bridgehead atoms. The summed E-state index contributed by atoms with van der Waals surface area (Å²) in [6, 6.07) is 0.599. The number of amides is 1. The molecule has 2 heterocycles. The minimum atomic E-state index is -0.00157. The van der Waals surface area contributed by atoms with E-state index in [1.165, 1.54) is 12.8 Å². The lowest BCUT2D eigenvalue weighted by Gasteiger charge is -2.29. The van der Waals surface area contributed by atoms with Crippen molar-refractivity contribution in [2.75, 3.05) is 20.1 Å². The van der Waals surface area contributed by atoms with Gasteiger partial charge in [0.2, 0.25) is 0 Å². The summed E-state index contributed by atoms with van der Waals surface area (Å²) < 4.78 is 1.95. The highest BCUT2D eigenvalue weighted by atomic mass is 16.2. The molecular formula is C16H27N5O. The molecule has 1 aliphatic carbocycles. The SMILES string of the molecule is Cc1c(C(=O)N(C)C(C)C2(C)CC2)nnn1C1CCNCC1. The van der Waals surface area contributed by atoms with Gasteiger partial charge in [0, 0.05) is 13.1 Å². The Morgan fingerprint density at radius 1 is 1.41 bits per heavy atom. The molecule has 2 aliphatic rings. The maximum atomic E-state index is 12.8. The molecule has 1 saturated carbocycles. The molecule has 2 fully saturated rings. The molecule has 0 radical (unpaired) electrons. The Hall–Kier alpha value is -1.43. The summed E-state index contributed by atoms with van der Waals surface area (Å²) >= 11 is 0. The fourth-order valence-electron chi connectivity index (χ4n) is 3.36. The van der Waals surface area contributed by atoms with Crippen LogP contribution in [-0.4, -0.2) is 52.0 Å². The third-order valence-electron chi connectivity index (χ3n) is 5.73. The van der Waals surface area contributed by atoms with Gasteiger partial charge in [-0.25, -0.2) is 4.68 Å². The fraction of sp³-hybridized carbons (Fsp3) is 0.812. The maximum absolute atomic E-state index is 12.8. The van der Waals surface area contributed by atoms with Crippen molar-refractivity contribution in [3.8, 4) is 0 Å². The van der Waals surface area contributed by atoms with Crippen molar-refractivity contribution in [3.63, 3.8) is 0 Å². The van der Waals surface area contributed by atoms with Gasteiger partial charge in [0.05, 0.1) is 11.7 Å². The lowest BCUT2D eigenvalue weighted by atomic mass is 9.99. The summed E-state index contributed by atoms with van der Waals surface area (Å²) in [6.45, 7) is 8.36. The number of hydrogen-bond donors (Lipinski definition) is 1. The van der Waals surface area contributed by atoms with Gasteiger partial charge in [0.15, 0.2) is 5.69 Å². The van der Waals surface area contributed by atoms with Crippen LogP contribution in [0.4, 0.5) is 0 Å². The van der Waals surface area contributed by atoms with Crippen molar-refractivity contribution in [2.45, 2.75) is 58.5 Å². The first-order valence-corrected chi connectivity index (χ1v) is 8.34. The van der Waals surface area contributed by atoms with Crippen molar-refractivity contribution >= 4 is 5.91 Å². The molecule has 1 amide bonds. The van der Waals surface area contributed by atoms with Crippen LogP contribution in [0.15, 0.2) is 0 Å². The van der Waals surface area contributed by atoms with E-state index in [-0.39, 0.29) is 17.4 Å². The number of nitrogens with one attached hydrogen (secondary N) is 1. The number of hydrogen-bond acceptors (Lipinski definition) is 4. The van der Waals surface area contributed by atoms with Gasteiger partial charge in [-0.15, -0.1) is 5.10 Å². The topological polar surface area (TPSA) is 63.1 Å². The average Bonchev–Trinajstić information content (AvgIpc) is 3.17. The van der Waals surface area contributed by atoms with Crippen LogP contribution in [0.1, 0.15) is 61.8 Å². The number of rotatable bonds is 4. The van der Waals surface area contributed by atoms with Crippen molar-refractivity contribution < 1.29 is 4.79 Å². The molecule has 1 atom stereocenters. The summed E-state index contributed by atoms with van der Waals surface area (Å²) in [5, 5.41) is 11.8. The first kappa shape index (κ1) is 15.5. The molecule has 122 valence electrons. The van der Waals surface area contributed by atoms with Crippen LogP contribution in [0.3, 0.4) is 0 Å². The van der Waals surface area contributed by atoms with E-state index in [0.29, 0.717) is 11.7 Å². The van der Waals surface area contributed by atoms with Gasteiger partial charge in [-0.2, -0.15) is 0 Å². The number of nitrogens with zero attached hydrogens (tertiary/aromatic N) is 4. The Morgan fingerprint density at radius 3 is 2.64 bits per heavy atom. The van der Waals surface area contributed by atoms with Gasteiger partial charge in [0.1, 0.15) is 0 Å². The lowest BCUT2D eigenvalue weighted by Crippen LogP contribution is -2.40. The van der Waals surface area contributed by atoms with Crippen LogP contribution >= 0.6 is 0 Å². The van der Waals surface area contributed by atoms with Crippen LogP contribution in [0.5, 0.6) is 0 Å². The van der Waals surface area contributed by atoms with Crippen molar-refractivity contribution in [2.24, 2.45) is 5.41 Å². The molecule has 0 aromatic carbocycles. The molecule has 1 aromatic rings. The van der Waals surface area contributed by atoms with Crippen molar-refractivity contribution in [1.82, 2.24) is 25.2 Å². The second-order valence-corrected chi connectivity index (χ2v) is 7.20. The van der Waals surface area contributed by atoms with Crippen LogP contribution in [0.2, 0.25) is 0 Å². The van der Waals surface area contributed by atoms with Gasteiger partial charge in [0.25, 0.3) is 5.91 Å². The van der Waals surface area contributed by atoms with Gasteiger partial charge in [-0.3, -0.25) is 4.79 Å². The predicted molar refractivity (Wildman–Crippen MR) is 84.8 cm³/mol. The minimum Gasteiger partial charge on any atom is -0.337 e. The smallest absolute Gasteiger partial charge is 0.276 e. The van der Waals surface area contributed by atoms with E-state index in [1.54, 1.807) is 0 Å². The highest BCUT2D eigenvalue weighted by Crippen LogP contribution is 2.49. The van der Waals surface area contributed by atoms with E-state index in [1.807, 2.05) is 23.6 Å². The van der Waals surface area contributed by atoms with E-state index < -0.39 is 0 Å². The zero-order valence-corrected chi connectivity index (χ0v) is 14.1. The monoisotopic (exact) mass is 305 g/mol. The molecule has 3 rings (SSSR count). The maximum Gasteiger partial charge on any atom is 0.276 e. The third kappa shape index (κ3) is 2.64. The normalized spacial score (nSPS) is 22.4. The van der Waals surface area contributed by atoms with Crippen LogP contribution in [0.25, 0.3) is 0 Å². The van der Waals surface area contributed by atoms with E-state index in [0.717, 1.165) is 31.6 Å². The van der Waals surface area contributed by atoms with E-state index >= 15 is 0 Å². The molecule has 1 aliphatic heterocycles. The second kappa shape index (κ2) is 5.65. The predicted octanol–water partition coefficient (Wildman–Crippen LogP) is 1.77. The fourth-order valence-corrected chi connectivity index (χ4v) is 3.36. The summed E-state index contributed by atoms with van der Waals surface area (Å²) in [5.74, 6) is -0.00157. The Kier molecular flexibility index (Phi) is 3.97. The van der Waals surface area contributed by atoms with Crippen LogP contribution in [0, 0.1) is 12.3 Å². The summed E-state index contributed by atoms with van der Waals surface area (Å²) in [6.07, 6.45) is 4.49. The van der Waals surface area contributed by atoms with Crippen LogP contribution in [-0.2, 0) is 0 Å². The standard InChI is InChI=1S/C16H27N5O/c1-11-14(15(22)20(4)12(2)16(3)7-8-16)18-19-21(11)13-5-9-17-10-6-13/h12-13,17H,5-10H2,1-4H3. The lowest BCUT2D eigenvalue weighted by molar-refractivity contribution is 0.0677. The van der Waals surface area contributed by atoms with Crippen molar-refractivity contribution in [1.29, 1.82) is 0 Å². The second-order valence-electron chi connectivity index (χ2n) is 7.20. The zero-order valence-electron chi connectivity index (χ0n) is 14.1.